The Morgan fingerprint density at radius 1 is 0.614 bits per heavy atom. The van der Waals surface area contributed by atoms with Gasteiger partial charge < -0.3 is 13.9 Å². The molecule has 0 spiro atoms. The molecule has 44 heavy (non-hydrogen) atoms. The number of nitrogens with zero attached hydrogens (tertiary/aromatic N) is 1. The molecular formula is C40H42BNO2. The van der Waals surface area contributed by atoms with E-state index in [1.807, 2.05) is 0 Å². The van der Waals surface area contributed by atoms with Gasteiger partial charge in [0.25, 0.3) is 0 Å². The second-order valence-electron chi connectivity index (χ2n) is 15.5. The third-order valence-corrected chi connectivity index (χ3v) is 12.2. The molecule has 4 aromatic carbocycles. The zero-order valence-electron chi connectivity index (χ0n) is 26.5. The Balaban J connectivity index is 1.20. The molecule has 3 nitrogen and oxygen atoms in total. The van der Waals surface area contributed by atoms with Crippen molar-refractivity contribution < 1.29 is 9.31 Å². The molecular weight excluding hydrogens is 537 g/mol. The Labute approximate surface area is 261 Å². The van der Waals surface area contributed by atoms with Crippen molar-refractivity contribution in [3.8, 4) is 16.8 Å². The van der Waals surface area contributed by atoms with Crippen LogP contribution < -0.4 is 5.46 Å². The van der Waals surface area contributed by atoms with Crippen LogP contribution in [0.15, 0.2) is 91.0 Å². The van der Waals surface area contributed by atoms with E-state index in [-0.39, 0.29) is 18.3 Å². The predicted molar refractivity (Wildman–Crippen MR) is 182 cm³/mol. The largest absolute Gasteiger partial charge is 0.494 e. The van der Waals surface area contributed by atoms with Crippen LogP contribution in [0.25, 0.3) is 38.6 Å². The van der Waals surface area contributed by atoms with Gasteiger partial charge >= 0.3 is 7.12 Å². The van der Waals surface area contributed by atoms with Crippen LogP contribution in [-0.2, 0) is 14.7 Å². The van der Waals surface area contributed by atoms with E-state index in [0.29, 0.717) is 5.41 Å². The molecule has 1 aliphatic heterocycles. The van der Waals surface area contributed by atoms with E-state index in [1.165, 1.54) is 77.1 Å². The molecule has 4 aliphatic carbocycles. The van der Waals surface area contributed by atoms with Gasteiger partial charge in [-0.3, -0.25) is 0 Å². The number of hydrogen-bond acceptors (Lipinski definition) is 2. The highest BCUT2D eigenvalue weighted by Gasteiger charge is 2.53. The zero-order chi connectivity index (χ0) is 29.8. The summed E-state index contributed by atoms with van der Waals surface area (Å²) in [5.41, 5.74) is 8.46. The van der Waals surface area contributed by atoms with E-state index < -0.39 is 0 Å². The summed E-state index contributed by atoms with van der Waals surface area (Å²) in [4.78, 5) is 0. The molecule has 5 aromatic rings. The predicted octanol–water partition coefficient (Wildman–Crippen LogP) is 9.22. The lowest BCUT2D eigenvalue weighted by Gasteiger charge is -2.57. The van der Waals surface area contributed by atoms with Gasteiger partial charge in [0.15, 0.2) is 0 Å². The van der Waals surface area contributed by atoms with Gasteiger partial charge in [-0.25, -0.2) is 0 Å². The first kappa shape index (κ1) is 27.0. The molecule has 2 heterocycles. The third-order valence-electron chi connectivity index (χ3n) is 12.2. The van der Waals surface area contributed by atoms with E-state index in [4.69, 9.17) is 9.31 Å². The zero-order valence-corrected chi connectivity index (χ0v) is 26.5. The van der Waals surface area contributed by atoms with Crippen molar-refractivity contribution in [2.24, 2.45) is 17.8 Å². The van der Waals surface area contributed by atoms with Crippen molar-refractivity contribution in [2.75, 3.05) is 0 Å². The number of hydrogen-bond donors (Lipinski definition) is 0. The SMILES string of the molecule is CC1(C)OB(c2ccc3c(c2)c2cc(C45CC6CC(CC(C6)C4)C5)ccc2n3-c2ccc(-c3ccccc3)cc2)OC1(C)C. The van der Waals surface area contributed by atoms with Gasteiger partial charge in [0.05, 0.1) is 22.2 Å². The second-order valence-corrected chi connectivity index (χ2v) is 15.5. The van der Waals surface area contributed by atoms with Gasteiger partial charge in [0.1, 0.15) is 0 Å². The van der Waals surface area contributed by atoms with E-state index >= 15 is 0 Å². The molecule has 5 fully saturated rings. The van der Waals surface area contributed by atoms with Crippen LogP contribution >= 0.6 is 0 Å². The molecule has 0 N–H and O–H groups in total. The van der Waals surface area contributed by atoms with E-state index in [1.54, 1.807) is 5.56 Å². The molecule has 4 bridgehead atoms. The van der Waals surface area contributed by atoms with Crippen molar-refractivity contribution in [3.63, 3.8) is 0 Å². The van der Waals surface area contributed by atoms with Crippen molar-refractivity contribution in [1.82, 2.24) is 4.57 Å². The maximum Gasteiger partial charge on any atom is 0.494 e. The Kier molecular flexibility index (Phi) is 5.74. The van der Waals surface area contributed by atoms with Gasteiger partial charge in [0, 0.05) is 16.5 Å². The highest BCUT2D eigenvalue weighted by Crippen LogP contribution is 2.61. The second kappa shape index (κ2) is 9.34. The smallest absolute Gasteiger partial charge is 0.399 e. The number of aromatic nitrogens is 1. The Morgan fingerprint density at radius 2 is 1.16 bits per heavy atom. The maximum absolute atomic E-state index is 6.52. The summed E-state index contributed by atoms with van der Waals surface area (Å²) in [6.07, 6.45) is 8.54. The minimum absolute atomic E-state index is 0.359. The number of rotatable bonds is 4. The standard InChI is InChI=1S/C40H42BNO2/c1-38(2)39(3,4)44-41(43-38)32-13-17-37-35(22-32)34-21-31(40-23-26-18-27(24-40)20-28(19-26)25-40)12-16-36(34)42(37)33-14-10-30(11-15-33)29-8-6-5-7-9-29/h5-17,21-22,26-28H,18-20,23-25H2,1-4H3. The molecule has 0 atom stereocenters. The Bertz CT molecular complexity index is 1850. The number of fused-ring (bicyclic) bond motifs is 3. The summed E-state index contributed by atoms with van der Waals surface area (Å²) in [6, 6.07) is 34.0. The van der Waals surface area contributed by atoms with Crippen LogP contribution in [-0.4, -0.2) is 22.9 Å². The molecule has 0 amide bonds. The van der Waals surface area contributed by atoms with Crippen molar-refractivity contribution in [1.29, 1.82) is 0 Å². The van der Waals surface area contributed by atoms with E-state index in [0.717, 1.165) is 23.2 Å². The molecule has 1 aromatic heterocycles. The fourth-order valence-corrected chi connectivity index (χ4v) is 9.67. The highest BCUT2D eigenvalue weighted by molar-refractivity contribution is 6.62. The average molecular weight is 580 g/mol. The van der Waals surface area contributed by atoms with Gasteiger partial charge in [-0.2, -0.15) is 0 Å². The van der Waals surface area contributed by atoms with Gasteiger partial charge in [0.2, 0.25) is 0 Å². The minimum atomic E-state index is -0.376. The molecule has 5 aliphatic rings. The average Bonchev–Trinajstić information content (AvgIpc) is 3.45. The van der Waals surface area contributed by atoms with Crippen LogP contribution in [0.5, 0.6) is 0 Å². The first-order chi connectivity index (χ1) is 21.2. The first-order valence-corrected chi connectivity index (χ1v) is 16.8. The normalized spacial score (nSPS) is 28.4. The summed E-state index contributed by atoms with van der Waals surface area (Å²) in [7, 11) is -0.376. The first-order valence-electron chi connectivity index (χ1n) is 16.8. The molecule has 0 radical (unpaired) electrons. The molecule has 10 rings (SSSR count). The van der Waals surface area contributed by atoms with Crippen LogP contribution in [0.4, 0.5) is 0 Å². The van der Waals surface area contributed by atoms with Crippen LogP contribution in [0.3, 0.4) is 0 Å². The molecule has 1 saturated heterocycles. The summed E-state index contributed by atoms with van der Waals surface area (Å²) < 4.78 is 15.5. The number of benzene rings is 4. The monoisotopic (exact) mass is 579 g/mol. The lowest BCUT2D eigenvalue weighted by Crippen LogP contribution is -2.48. The third kappa shape index (κ3) is 4.03. The Morgan fingerprint density at radius 3 is 1.77 bits per heavy atom. The van der Waals surface area contributed by atoms with Crippen LogP contribution in [0.1, 0.15) is 71.8 Å². The minimum Gasteiger partial charge on any atom is -0.399 e. The fraction of sp³-hybridized carbons (Fsp3) is 0.400. The van der Waals surface area contributed by atoms with Gasteiger partial charge in [-0.1, -0.05) is 60.7 Å². The quantitative estimate of drug-likeness (QED) is 0.198. The maximum atomic E-state index is 6.52. The summed E-state index contributed by atoms with van der Waals surface area (Å²) in [5.74, 6) is 2.78. The topological polar surface area (TPSA) is 23.4 Å². The van der Waals surface area contributed by atoms with Gasteiger partial charge in [-0.05, 0) is 142 Å². The van der Waals surface area contributed by atoms with Gasteiger partial charge in [-0.15, -0.1) is 0 Å². The van der Waals surface area contributed by atoms with Crippen molar-refractivity contribution >= 4 is 34.4 Å². The van der Waals surface area contributed by atoms with Crippen molar-refractivity contribution in [2.45, 2.75) is 82.8 Å². The molecule has 4 saturated carbocycles. The molecule has 0 unspecified atom stereocenters. The molecule has 222 valence electrons. The summed E-state index contributed by atoms with van der Waals surface area (Å²) >= 11 is 0. The van der Waals surface area contributed by atoms with Crippen LogP contribution in [0, 0.1) is 17.8 Å². The van der Waals surface area contributed by atoms with Crippen LogP contribution in [0.2, 0.25) is 0 Å². The Hall–Kier alpha value is -3.34. The summed E-state index contributed by atoms with van der Waals surface area (Å²) in [5, 5.41) is 2.63. The summed E-state index contributed by atoms with van der Waals surface area (Å²) in [6.45, 7) is 8.53. The lowest BCUT2D eigenvalue weighted by atomic mass is 9.48. The fourth-order valence-electron chi connectivity index (χ4n) is 9.67. The highest BCUT2D eigenvalue weighted by atomic mass is 16.7. The van der Waals surface area contributed by atoms with E-state index in [2.05, 4.69) is 123 Å². The van der Waals surface area contributed by atoms with E-state index in [9.17, 15) is 0 Å². The molecule has 4 heteroatoms. The lowest BCUT2D eigenvalue weighted by molar-refractivity contribution is -0.00512. The van der Waals surface area contributed by atoms with Crippen molar-refractivity contribution in [3.05, 3.63) is 96.6 Å².